The van der Waals surface area contributed by atoms with Crippen LogP contribution in [0.25, 0.3) is 0 Å². The summed E-state index contributed by atoms with van der Waals surface area (Å²) in [7, 11) is 0. The molecule has 6 heteroatoms. The van der Waals surface area contributed by atoms with Gasteiger partial charge in [-0.2, -0.15) is 0 Å². The highest BCUT2D eigenvalue weighted by atomic mass is 32.1. The van der Waals surface area contributed by atoms with E-state index in [4.69, 9.17) is 4.74 Å². The first-order chi connectivity index (χ1) is 11.1. The van der Waals surface area contributed by atoms with E-state index in [1.54, 1.807) is 11.3 Å². The van der Waals surface area contributed by atoms with Crippen LogP contribution in [0.1, 0.15) is 48.0 Å². The van der Waals surface area contributed by atoms with Gasteiger partial charge in [-0.15, -0.1) is 10.2 Å². The molecule has 0 saturated carbocycles. The van der Waals surface area contributed by atoms with E-state index in [1.807, 2.05) is 24.3 Å². The molecule has 2 aromatic rings. The number of carbonyl (C=O) groups is 1. The van der Waals surface area contributed by atoms with Crippen molar-refractivity contribution < 1.29 is 9.53 Å². The standard InChI is InChI=1S/C17H19N3O2S/c1-11(2)15-18-19-16(23-15)20-8-7-17(10-20)9-13(21)12-5-3-4-6-14(12)22-17/h3-6,11H,7-10H2,1-2H3. The lowest BCUT2D eigenvalue weighted by Crippen LogP contribution is -2.44. The molecule has 1 saturated heterocycles. The Bertz CT molecular complexity index is 758. The van der Waals surface area contributed by atoms with Gasteiger partial charge in [0.05, 0.1) is 18.5 Å². The first-order valence-electron chi connectivity index (χ1n) is 7.96. The smallest absolute Gasteiger partial charge is 0.208 e. The van der Waals surface area contributed by atoms with E-state index in [2.05, 4.69) is 28.9 Å². The number of aromatic nitrogens is 2. The van der Waals surface area contributed by atoms with Gasteiger partial charge >= 0.3 is 0 Å². The van der Waals surface area contributed by atoms with Crippen LogP contribution < -0.4 is 9.64 Å². The van der Waals surface area contributed by atoms with Crippen molar-refractivity contribution >= 4 is 22.3 Å². The number of anilines is 1. The lowest BCUT2D eigenvalue weighted by Gasteiger charge is -2.34. The molecule has 1 aromatic carbocycles. The molecular weight excluding hydrogens is 310 g/mol. The number of hydrogen-bond donors (Lipinski definition) is 0. The molecule has 0 amide bonds. The highest BCUT2D eigenvalue weighted by Gasteiger charge is 2.46. The zero-order valence-corrected chi connectivity index (χ0v) is 14.1. The third-order valence-electron chi connectivity index (χ3n) is 4.51. The number of carbonyl (C=O) groups excluding carboxylic acids is 1. The number of ether oxygens (including phenoxy) is 1. The Hall–Kier alpha value is -1.95. The maximum atomic E-state index is 12.5. The molecule has 0 N–H and O–H groups in total. The first kappa shape index (κ1) is 14.6. The van der Waals surface area contributed by atoms with Crippen LogP contribution in [-0.2, 0) is 0 Å². The van der Waals surface area contributed by atoms with Crippen LogP contribution in [0.15, 0.2) is 24.3 Å². The topological polar surface area (TPSA) is 55.3 Å². The molecule has 1 aromatic heterocycles. The fraction of sp³-hybridized carbons (Fsp3) is 0.471. The van der Waals surface area contributed by atoms with Gasteiger partial charge in [0.15, 0.2) is 5.78 Å². The number of fused-ring (bicyclic) bond motifs is 1. The zero-order chi connectivity index (χ0) is 16.0. The van der Waals surface area contributed by atoms with Gasteiger partial charge < -0.3 is 9.64 Å². The van der Waals surface area contributed by atoms with Gasteiger partial charge in [0.1, 0.15) is 16.4 Å². The molecule has 120 valence electrons. The predicted octanol–water partition coefficient (Wildman–Crippen LogP) is 3.28. The van der Waals surface area contributed by atoms with Crippen LogP contribution in [-0.4, -0.2) is 34.7 Å². The van der Waals surface area contributed by atoms with Gasteiger partial charge in [0, 0.05) is 18.9 Å². The highest BCUT2D eigenvalue weighted by molar-refractivity contribution is 7.15. The van der Waals surface area contributed by atoms with E-state index in [-0.39, 0.29) is 5.78 Å². The summed E-state index contributed by atoms with van der Waals surface area (Å²) in [5.74, 6) is 1.27. The average molecular weight is 329 g/mol. The van der Waals surface area contributed by atoms with E-state index < -0.39 is 5.60 Å². The first-order valence-corrected chi connectivity index (χ1v) is 8.78. The minimum Gasteiger partial charge on any atom is -0.484 e. The number of ketones is 1. The van der Waals surface area contributed by atoms with Crippen molar-refractivity contribution in [3.05, 3.63) is 34.8 Å². The second-order valence-corrected chi connectivity index (χ2v) is 7.62. The molecule has 3 heterocycles. The molecule has 0 aliphatic carbocycles. The normalized spacial score (nSPS) is 23.4. The number of benzene rings is 1. The third kappa shape index (κ3) is 2.51. The van der Waals surface area contributed by atoms with E-state index in [9.17, 15) is 4.79 Å². The Morgan fingerprint density at radius 3 is 2.91 bits per heavy atom. The number of Topliss-reactive ketones (excluding diaryl/α,β-unsaturated/α-hetero) is 1. The molecule has 23 heavy (non-hydrogen) atoms. The summed E-state index contributed by atoms with van der Waals surface area (Å²) in [5, 5.41) is 10.6. The summed E-state index contributed by atoms with van der Waals surface area (Å²) in [6.45, 7) is 5.78. The Kier molecular flexibility index (Phi) is 3.37. The van der Waals surface area contributed by atoms with Crippen molar-refractivity contribution in [1.82, 2.24) is 10.2 Å². The van der Waals surface area contributed by atoms with Gasteiger partial charge in [-0.25, -0.2) is 0 Å². The molecule has 0 bridgehead atoms. The quantitative estimate of drug-likeness (QED) is 0.846. The average Bonchev–Trinajstić information content (AvgIpc) is 3.15. The van der Waals surface area contributed by atoms with Crippen molar-refractivity contribution in [2.24, 2.45) is 0 Å². The molecule has 1 unspecified atom stereocenters. The summed E-state index contributed by atoms with van der Waals surface area (Å²) < 4.78 is 6.25. The summed E-state index contributed by atoms with van der Waals surface area (Å²) in [4.78, 5) is 14.7. The summed E-state index contributed by atoms with van der Waals surface area (Å²) in [5.41, 5.74) is 0.282. The summed E-state index contributed by atoms with van der Waals surface area (Å²) in [6.07, 6.45) is 1.28. The second-order valence-electron chi connectivity index (χ2n) is 6.63. The van der Waals surface area contributed by atoms with E-state index >= 15 is 0 Å². The van der Waals surface area contributed by atoms with Crippen LogP contribution in [0.5, 0.6) is 5.75 Å². The number of hydrogen-bond acceptors (Lipinski definition) is 6. The zero-order valence-electron chi connectivity index (χ0n) is 13.3. The van der Waals surface area contributed by atoms with Crippen LogP contribution in [0.3, 0.4) is 0 Å². The predicted molar refractivity (Wildman–Crippen MR) is 89.6 cm³/mol. The summed E-state index contributed by atoms with van der Waals surface area (Å²) >= 11 is 1.64. The second kappa shape index (κ2) is 5.30. The van der Waals surface area contributed by atoms with Gasteiger partial charge in [-0.1, -0.05) is 37.3 Å². The fourth-order valence-electron chi connectivity index (χ4n) is 3.27. The van der Waals surface area contributed by atoms with Crippen molar-refractivity contribution in [3.8, 4) is 5.75 Å². The minimum atomic E-state index is -0.422. The van der Waals surface area contributed by atoms with Crippen LogP contribution in [0.2, 0.25) is 0 Å². The lowest BCUT2D eigenvalue weighted by molar-refractivity contribution is 0.0538. The molecule has 1 fully saturated rings. The number of rotatable bonds is 2. The maximum Gasteiger partial charge on any atom is 0.208 e. The molecule has 5 nitrogen and oxygen atoms in total. The van der Waals surface area contributed by atoms with Gasteiger partial charge in [0.25, 0.3) is 0 Å². The van der Waals surface area contributed by atoms with Gasteiger partial charge in [-0.3, -0.25) is 4.79 Å². The van der Waals surface area contributed by atoms with E-state index in [0.717, 1.165) is 23.1 Å². The third-order valence-corrected chi connectivity index (χ3v) is 5.79. The maximum absolute atomic E-state index is 12.5. The molecule has 1 atom stereocenters. The molecule has 0 radical (unpaired) electrons. The number of para-hydroxylation sites is 1. The fourth-order valence-corrected chi connectivity index (χ4v) is 4.14. The van der Waals surface area contributed by atoms with Crippen LogP contribution >= 0.6 is 11.3 Å². The van der Waals surface area contributed by atoms with Gasteiger partial charge in [0.2, 0.25) is 5.13 Å². The van der Waals surface area contributed by atoms with Crippen LogP contribution in [0, 0.1) is 0 Å². The molecule has 1 spiro atoms. The Balaban J connectivity index is 1.57. The summed E-state index contributed by atoms with van der Waals surface area (Å²) in [6, 6.07) is 7.53. The van der Waals surface area contributed by atoms with E-state index in [0.29, 0.717) is 30.2 Å². The van der Waals surface area contributed by atoms with Crippen molar-refractivity contribution in [2.75, 3.05) is 18.0 Å². The monoisotopic (exact) mass is 329 g/mol. The number of nitrogens with zero attached hydrogens (tertiary/aromatic N) is 3. The SMILES string of the molecule is CC(C)c1nnc(N2CCC3(CC(=O)c4ccccc4O3)C2)s1. The van der Waals surface area contributed by atoms with Crippen molar-refractivity contribution in [2.45, 2.75) is 38.2 Å². The molecule has 4 rings (SSSR count). The Labute approximate surface area is 139 Å². The minimum absolute atomic E-state index is 0.175. The largest absolute Gasteiger partial charge is 0.484 e. The van der Waals surface area contributed by atoms with Crippen molar-refractivity contribution in [3.63, 3.8) is 0 Å². The molecule has 2 aliphatic rings. The van der Waals surface area contributed by atoms with Gasteiger partial charge in [-0.05, 0) is 12.1 Å². The Morgan fingerprint density at radius 2 is 2.13 bits per heavy atom. The Morgan fingerprint density at radius 1 is 1.30 bits per heavy atom. The molecule has 2 aliphatic heterocycles. The lowest BCUT2D eigenvalue weighted by atomic mass is 9.89. The highest BCUT2D eigenvalue weighted by Crippen LogP contribution is 2.40. The van der Waals surface area contributed by atoms with E-state index in [1.165, 1.54) is 0 Å². The van der Waals surface area contributed by atoms with Crippen LogP contribution in [0.4, 0.5) is 5.13 Å². The molecular formula is C17H19N3O2S. The van der Waals surface area contributed by atoms with Crippen molar-refractivity contribution in [1.29, 1.82) is 0 Å².